The van der Waals surface area contributed by atoms with Crippen LogP contribution in [0.3, 0.4) is 0 Å². The maximum absolute atomic E-state index is 7.49. The third-order valence-corrected chi connectivity index (χ3v) is 1.55. The number of hydrogen-bond acceptors (Lipinski definition) is 2. The van der Waals surface area contributed by atoms with Crippen molar-refractivity contribution < 1.29 is 2.74 Å². The molecular formula is C6H14N2. The Kier molecular flexibility index (Phi) is 1.19. The van der Waals surface area contributed by atoms with Crippen LogP contribution in [0.5, 0.6) is 0 Å². The fourth-order valence-electron chi connectivity index (χ4n) is 0.952. The van der Waals surface area contributed by atoms with E-state index in [1.807, 2.05) is 0 Å². The molecule has 1 aliphatic rings. The van der Waals surface area contributed by atoms with Crippen LogP contribution in [0.2, 0.25) is 0 Å². The summed E-state index contributed by atoms with van der Waals surface area (Å²) in [7, 11) is 0. The molecule has 1 rings (SSSR count). The maximum Gasteiger partial charge on any atom is 0.0479 e. The van der Waals surface area contributed by atoms with Crippen molar-refractivity contribution in [3.8, 4) is 0 Å². The van der Waals surface area contributed by atoms with Crippen molar-refractivity contribution in [3.05, 3.63) is 0 Å². The zero-order valence-corrected chi connectivity index (χ0v) is 4.98. The SMILES string of the molecule is [2H][C@@]1(N)CCCC[C@@]1([2H])N. The van der Waals surface area contributed by atoms with Gasteiger partial charge in [-0.15, -0.1) is 0 Å². The first-order chi connectivity index (χ1) is 4.46. The Bertz CT molecular complexity index is 118. The van der Waals surface area contributed by atoms with E-state index in [-0.39, 0.29) is 0 Å². The summed E-state index contributed by atoms with van der Waals surface area (Å²) < 4.78 is 15.0. The number of hydrogen-bond donors (Lipinski definition) is 2. The van der Waals surface area contributed by atoms with Gasteiger partial charge in [-0.2, -0.15) is 0 Å². The van der Waals surface area contributed by atoms with Gasteiger partial charge in [-0.1, -0.05) is 12.8 Å². The van der Waals surface area contributed by atoms with Crippen LogP contribution < -0.4 is 11.5 Å². The summed E-state index contributed by atoms with van der Waals surface area (Å²) in [6, 6.07) is -2.46. The average molecular weight is 116 g/mol. The van der Waals surface area contributed by atoms with Gasteiger partial charge in [0.25, 0.3) is 0 Å². The Labute approximate surface area is 53.0 Å². The molecule has 2 heteroatoms. The minimum atomic E-state index is -1.23. The first-order valence-electron chi connectivity index (χ1n) is 4.03. The quantitative estimate of drug-likeness (QED) is 0.475. The van der Waals surface area contributed by atoms with Crippen LogP contribution in [0.1, 0.15) is 28.4 Å². The van der Waals surface area contributed by atoms with Crippen LogP contribution in [0.4, 0.5) is 0 Å². The van der Waals surface area contributed by atoms with E-state index in [4.69, 9.17) is 14.2 Å². The van der Waals surface area contributed by atoms with Crippen molar-refractivity contribution >= 4 is 0 Å². The molecule has 0 saturated heterocycles. The normalized spacial score (nSPS) is 61.8. The molecular weight excluding hydrogens is 100 g/mol. The summed E-state index contributed by atoms with van der Waals surface area (Å²) in [5.41, 5.74) is 11.0. The van der Waals surface area contributed by atoms with Crippen molar-refractivity contribution in [1.82, 2.24) is 0 Å². The minimum absolute atomic E-state index is 0.549. The van der Waals surface area contributed by atoms with E-state index in [9.17, 15) is 0 Å². The molecule has 0 spiro atoms. The molecule has 0 radical (unpaired) electrons. The van der Waals surface area contributed by atoms with Crippen molar-refractivity contribution in [1.29, 1.82) is 0 Å². The Morgan fingerprint density at radius 3 is 1.75 bits per heavy atom. The molecule has 0 aliphatic heterocycles. The summed E-state index contributed by atoms with van der Waals surface area (Å²) in [5, 5.41) is 0. The smallest absolute Gasteiger partial charge is 0.0479 e. The molecule has 0 aromatic rings. The van der Waals surface area contributed by atoms with Crippen LogP contribution in [0, 0.1) is 0 Å². The van der Waals surface area contributed by atoms with Crippen LogP contribution in [-0.4, -0.2) is 12.0 Å². The lowest BCUT2D eigenvalue weighted by atomic mass is 9.92. The molecule has 0 unspecified atom stereocenters. The average Bonchev–Trinajstić information content (AvgIpc) is 1.77. The third kappa shape index (κ3) is 1.20. The van der Waals surface area contributed by atoms with Crippen molar-refractivity contribution in [2.24, 2.45) is 11.5 Å². The number of rotatable bonds is 0. The summed E-state index contributed by atoms with van der Waals surface area (Å²) in [6.07, 6.45) is 2.95. The predicted octanol–water partition coefficient (Wildman–Crippen LogP) is 0.215. The molecule has 1 aliphatic carbocycles. The Morgan fingerprint density at radius 1 is 1.12 bits per heavy atom. The van der Waals surface area contributed by atoms with Gasteiger partial charge in [0.2, 0.25) is 0 Å². The molecule has 2 nitrogen and oxygen atoms in total. The van der Waals surface area contributed by atoms with Crippen molar-refractivity contribution in [2.45, 2.75) is 37.7 Å². The first-order valence-corrected chi connectivity index (χ1v) is 3.03. The van der Waals surface area contributed by atoms with Crippen molar-refractivity contribution in [2.75, 3.05) is 0 Å². The summed E-state index contributed by atoms with van der Waals surface area (Å²) in [6.45, 7) is 0. The van der Waals surface area contributed by atoms with Gasteiger partial charge in [0.15, 0.2) is 0 Å². The third-order valence-electron chi connectivity index (χ3n) is 1.55. The van der Waals surface area contributed by atoms with E-state index >= 15 is 0 Å². The molecule has 2 atom stereocenters. The van der Waals surface area contributed by atoms with Gasteiger partial charge in [-0.05, 0) is 12.8 Å². The highest BCUT2D eigenvalue weighted by molar-refractivity contribution is 4.79. The van der Waals surface area contributed by atoms with E-state index in [2.05, 4.69) is 0 Å². The lowest BCUT2D eigenvalue weighted by molar-refractivity contribution is 0.385. The summed E-state index contributed by atoms with van der Waals surface area (Å²) >= 11 is 0. The zero-order chi connectivity index (χ0) is 7.83. The number of nitrogens with two attached hydrogens (primary N) is 2. The molecule has 8 heavy (non-hydrogen) atoms. The van der Waals surface area contributed by atoms with E-state index in [1.54, 1.807) is 0 Å². The fourth-order valence-corrected chi connectivity index (χ4v) is 0.952. The highest BCUT2D eigenvalue weighted by Crippen LogP contribution is 2.14. The van der Waals surface area contributed by atoms with Crippen LogP contribution in [0.25, 0.3) is 0 Å². The molecule has 48 valence electrons. The second kappa shape index (κ2) is 2.46. The molecule has 0 heterocycles. The van der Waals surface area contributed by atoms with Gasteiger partial charge in [0.05, 0.1) is 0 Å². The summed E-state index contributed by atoms with van der Waals surface area (Å²) in [4.78, 5) is 0. The van der Waals surface area contributed by atoms with Crippen LogP contribution in [0.15, 0.2) is 0 Å². The topological polar surface area (TPSA) is 52.0 Å². The minimum Gasteiger partial charge on any atom is -0.326 e. The highest BCUT2D eigenvalue weighted by Gasteiger charge is 2.16. The second-order valence-corrected chi connectivity index (χ2v) is 2.26. The first kappa shape index (κ1) is 3.85. The van der Waals surface area contributed by atoms with Gasteiger partial charge in [-0.3, -0.25) is 0 Å². The highest BCUT2D eigenvalue weighted by atomic mass is 14.8. The monoisotopic (exact) mass is 116 g/mol. The van der Waals surface area contributed by atoms with Gasteiger partial charge in [-0.25, -0.2) is 0 Å². The molecule has 1 saturated carbocycles. The van der Waals surface area contributed by atoms with Gasteiger partial charge in [0.1, 0.15) is 0 Å². The molecule has 0 aromatic heterocycles. The molecule has 0 bridgehead atoms. The molecule has 0 amide bonds. The second-order valence-electron chi connectivity index (χ2n) is 2.26. The fraction of sp³-hybridized carbons (Fsp3) is 1.00. The predicted molar refractivity (Wildman–Crippen MR) is 34.4 cm³/mol. The summed E-state index contributed by atoms with van der Waals surface area (Å²) in [5.74, 6) is 0. The molecule has 4 N–H and O–H groups in total. The molecule has 0 aromatic carbocycles. The molecule has 1 fully saturated rings. The van der Waals surface area contributed by atoms with E-state index < -0.39 is 12.0 Å². The maximum atomic E-state index is 7.49. The van der Waals surface area contributed by atoms with E-state index in [0.29, 0.717) is 12.8 Å². The largest absolute Gasteiger partial charge is 0.326 e. The zero-order valence-electron chi connectivity index (χ0n) is 6.98. The van der Waals surface area contributed by atoms with Crippen molar-refractivity contribution in [3.63, 3.8) is 0 Å². The van der Waals surface area contributed by atoms with Crippen LogP contribution >= 0.6 is 0 Å². The lowest BCUT2D eigenvalue weighted by Gasteiger charge is -2.24. The Balaban J connectivity index is 2.70. The van der Waals surface area contributed by atoms with Gasteiger partial charge < -0.3 is 11.5 Å². The Morgan fingerprint density at radius 2 is 1.50 bits per heavy atom. The van der Waals surface area contributed by atoms with E-state index in [1.165, 1.54) is 0 Å². The standard InChI is InChI=1S/C6H14N2/c7-5-3-1-2-4-6(5)8/h5-6H,1-4,7-8H2/t5-,6-/m1/s1/i5D,6D. The van der Waals surface area contributed by atoms with Gasteiger partial charge in [0, 0.05) is 14.8 Å². The van der Waals surface area contributed by atoms with Gasteiger partial charge >= 0.3 is 0 Å². The lowest BCUT2D eigenvalue weighted by Crippen LogP contribution is -2.43. The Hall–Kier alpha value is -0.0800. The van der Waals surface area contributed by atoms with Crippen LogP contribution in [-0.2, 0) is 0 Å². The van der Waals surface area contributed by atoms with E-state index in [0.717, 1.165) is 12.8 Å².